The monoisotopic (exact) mass is 341 g/mol. The van der Waals surface area contributed by atoms with Crippen molar-refractivity contribution in [2.24, 2.45) is 5.73 Å². The fraction of sp³-hybridized carbons (Fsp3) is 0. The van der Waals surface area contributed by atoms with Crippen molar-refractivity contribution in [3.63, 3.8) is 0 Å². The number of halogens is 1. The van der Waals surface area contributed by atoms with Gasteiger partial charge in [-0.1, -0.05) is 28.1 Å². The van der Waals surface area contributed by atoms with E-state index in [9.17, 15) is 0 Å². The van der Waals surface area contributed by atoms with Crippen LogP contribution in [-0.4, -0.2) is 10.8 Å². The number of nitrogens with zero attached hydrogens (tertiary/aromatic N) is 1. The van der Waals surface area contributed by atoms with Crippen LogP contribution >= 0.6 is 15.9 Å². The first-order valence-corrected chi connectivity index (χ1v) is 7.09. The van der Waals surface area contributed by atoms with Gasteiger partial charge in [0.15, 0.2) is 0 Å². The van der Waals surface area contributed by atoms with Gasteiger partial charge in [-0.3, -0.25) is 5.41 Å². The van der Waals surface area contributed by atoms with Gasteiger partial charge in [-0.2, -0.15) is 0 Å². The number of aromatic nitrogens is 1. The lowest BCUT2D eigenvalue weighted by molar-refractivity contribution is 0.462. The number of nitrogen functional groups attached to an aromatic ring is 1. The molecule has 104 valence electrons. The van der Waals surface area contributed by atoms with Crippen LogP contribution in [0.2, 0.25) is 0 Å². The van der Waals surface area contributed by atoms with Crippen LogP contribution in [-0.2, 0) is 0 Å². The van der Waals surface area contributed by atoms with Crippen LogP contribution in [0.3, 0.4) is 0 Å². The molecule has 21 heavy (non-hydrogen) atoms. The summed E-state index contributed by atoms with van der Waals surface area (Å²) < 4.78 is 6.80. The first-order chi connectivity index (χ1) is 10.1. The van der Waals surface area contributed by atoms with Crippen molar-refractivity contribution in [2.75, 3.05) is 0 Å². The molecule has 5 heteroatoms. The van der Waals surface area contributed by atoms with Crippen LogP contribution in [0.25, 0.3) is 10.8 Å². The number of nitrogens with two attached hydrogens (primary N) is 1. The molecule has 4 nitrogen and oxygen atoms in total. The summed E-state index contributed by atoms with van der Waals surface area (Å²) in [5.41, 5.74) is 6.01. The molecule has 0 saturated carbocycles. The summed E-state index contributed by atoms with van der Waals surface area (Å²) in [4.78, 5) is 4.14. The molecule has 0 bridgehead atoms. The Kier molecular flexibility index (Phi) is 3.58. The summed E-state index contributed by atoms with van der Waals surface area (Å²) in [6.45, 7) is 0. The molecular formula is C16H12BrN3O. The highest BCUT2D eigenvalue weighted by molar-refractivity contribution is 9.10. The molecule has 3 aromatic rings. The van der Waals surface area contributed by atoms with Gasteiger partial charge in [0.1, 0.15) is 11.6 Å². The fourth-order valence-corrected chi connectivity index (χ4v) is 2.43. The van der Waals surface area contributed by atoms with Crippen molar-refractivity contribution in [3.05, 3.63) is 64.8 Å². The third-order valence-corrected chi connectivity index (χ3v) is 3.54. The molecule has 2 aromatic carbocycles. The number of amidine groups is 1. The molecule has 0 fully saturated rings. The summed E-state index contributed by atoms with van der Waals surface area (Å²) in [7, 11) is 0. The molecular weight excluding hydrogens is 330 g/mol. The van der Waals surface area contributed by atoms with E-state index in [1.54, 1.807) is 18.3 Å². The summed E-state index contributed by atoms with van der Waals surface area (Å²) in [6.07, 6.45) is 1.61. The van der Waals surface area contributed by atoms with Crippen molar-refractivity contribution in [1.29, 1.82) is 5.41 Å². The normalized spacial score (nSPS) is 10.5. The Bertz CT molecular complexity index is 833. The molecule has 0 saturated heterocycles. The maximum Gasteiger partial charge on any atom is 0.230 e. The number of benzene rings is 2. The average Bonchev–Trinajstić information content (AvgIpc) is 2.48. The number of hydrogen-bond acceptors (Lipinski definition) is 3. The Hall–Kier alpha value is -2.40. The second kappa shape index (κ2) is 5.54. The van der Waals surface area contributed by atoms with Crippen LogP contribution in [0.5, 0.6) is 11.6 Å². The number of pyridine rings is 1. The number of nitrogens with one attached hydrogen (secondary N) is 1. The van der Waals surface area contributed by atoms with E-state index in [0.29, 0.717) is 17.2 Å². The van der Waals surface area contributed by atoms with Crippen molar-refractivity contribution in [2.45, 2.75) is 0 Å². The number of fused-ring (bicyclic) bond motifs is 1. The highest BCUT2D eigenvalue weighted by atomic mass is 79.9. The van der Waals surface area contributed by atoms with Crippen LogP contribution in [0.1, 0.15) is 5.56 Å². The molecule has 0 unspecified atom stereocenters. The minimum Gasteiger partial charge on any atom is -0.438 e. The van der Waals surface area contributed by atoms with E-state index in [2.05, 4.69) is 20.9 Å². The molecule has 0 spiro atoms. The molecule has 0 amide bonds. The molecule has 1 heterocycles. The van der Waals surface area contributed by atoms with Crippen LogP contribution in [0.15, 0.2) is 59.2 Å². The van der Waals surface area contributed by atoms with E-state index >= 15 is 0 Å². The van der Waals surface area contributed by atoms with Gasteiger partial charge < -0.3 is 10.5 Å². The standard InChI is InChI=1S/C16H12BrN3O/c17-12-5-3-11-9-13(6-4-10(11)8-12)21-16-14(15(18)19)2-1-7-20-16/h1-9H,(H3,18,19). The number of rotatable bonds is 3. The molecule has 0 aliphatic carbocycles. The lowest BCUT2D eigenvalue weighted by atomic mass is 10.1. The third-order valence-electron chi connectivity index (χ3n) is 3.05. The Balaban J connectivity index is 1.99. The SMILES string of the molecule is N=C(N)c1cccnc1Oc1ccc2cc(Br)ccc2c1. The van der Waals surface area contributed by atoms with Gasteiger partial charge >= 0.3 is 0 Å². The summed E-state index contributed by atoms with van der Waals surface area (Å²) in [5.74, 6) is 0.926. The second-order valence-electron chi connectivity index (χ2n) is 4.53. The Morgan fingerprint density at radius 1 is 1.10 bits per heavy atom. The van der Waals surface area contributed by atoms with E-state index < -0.39 is 0 Å². The minimum atomic E-state index is -0.0668. The first-order valence-electron chi connectivity index (χ1n) is 6.30. The van der Waals surface area contributed by atoms with Gasteiger partial charge in [-0.15, -0.1) is 0 Å². The quantitative estimate of drug-likeness (QED) is 0.557. The predicted molar refractivity (Wildman–Crippen MR) is 87.0 cm³/mol. The average molecular weight is 342 g/mol. The number of hydrogen-bond donors (Lipinski definition) is 2. The van der Waals surface area contributed by atoms with Crippen molar-refractivity contribution in [3.8, 4) is 11.6 Å². The highest BCUT2D eigenvalue weighted by Crippen LogP contribution is 2.27. The van der Waals surface area contributed by atoms with Crippen molar-refractivity contribution >= 4 is 32.5 Å². The topological polar surface area (TPSA) is 72.0 Å². The smallest absolute Gasteiger partial charge is 0.230 e. The number of ether oxygens (including phenoxy) is 1. The largest absolute Gasteiger partial charge is 0.438 e. The lowest BCUT2D eigenvalue weighted by Crippen LogP contribution is -2.12. The molecule has 0 aliphatic heterocycles. The Labute approximate surface area is 130 Å². The van der Waals surface area contributed by atoms with Crippen LogP contribution < -0.4 is 10.5 Å². The van der Waals surface area contributed by atoms with Gasteiger partial charge in [0.05, 0.1) is 5.56 Å². The van der Waals surface area contributed by atoms with E-state index in [1.807, 2.05) is 36.4 Å². The van der Waals surface area contributed by atoms with E-state index in [1.165, 1.54) is 0 Å². The first kappa shape index (κ1) is 13.6. The van der Waals surface area contributed by atoms with Crippen LogP contribution in [0, 0.1) is 5.41 Å². The zero-order chi connectivity index (χ0) is 14.8. The van der Waals surface area contributed by atoms with Gasteiger partial charge in [-0.05, 0) is 47.2 Å². The highest BCUT2D eigenvalue weighted by Gasteiger charge is 2.09. The fourth-order valence-electron chi connectivity index (χ4n) is 2.05. The maximum absolute atomic E-state index is 7.55. The summed E-state index contributed by atoms with van der Waals surface area (Å²) in [6, 6.07) is 15.2. The molecule has 3 rings (SSSR count). The lowest BCUT2D eigenvalue weighted by Gasteiger charge is -2.09. The third kappa shape index (κ3) is 2.87. The molecule has 1 aromatic heterocycles. The van der Waals surface area contributed by atoms with Crippen molar-refractivity contribution in [1.82, 2.24) is 4.98 Å². The van der Waals surface area contributed by atoms with E-state index in [4.69, 9.17) is 15.9 Å². The summed E-state index contributed by atoms with van der Waals surface area (Å²) in [5, 5.41) is 9.73. The Morgan fingerprint density at radius 3 is 2.67 bits per heavy atom. The van der Waals surface area contributed by atoms with E-state index in [0.717, 1.165) is 15.2 Å². The molecule has 0 atom stereocenters. The van der Waals surface area contributed by atoms with Crippen molar-refractivity contribution < 1.29 is 4.74 Å². The Morgan fingerprint density at radius 2 is 1.86 bits per heavy atom. The second-order valence-corrected chi connectivity index (χ2v) is 5.44. The molecule has 0 radical (unpaired) electrons. The summed E-state index contributed by atoms with van der Waals surface area (Å²) >= 11 is 3.45. The molecule has 3 N–H and O–H groups in total. The van der Waals surface area contributed by atoms with Gasteiger partial charge in [0, 0.05) is 10.7 Å². The minimum absolute atomic E-state index is 0.0668. The van der Waals surface area contributed by atoms with E-state index in [-0.39, 0.29) is 5.84 Å². The van der Waals surface area contributed by atoms with Gasteiger partial charge in [0.2, 0.25) is 5.88 Å². The predicted octanol–water partition coefficient (Wildman–Crippen LogP) is 4.07. The van der Waals surface area contributed by atoms with Crippen LogP contribution in [0.4, 0.5) is 0 Å². The van der Waals surface area contributed by atoms with Gasteiger partial charge in [0.25, 0.3) is 0 Å². The zero-order valence-corrected chi connectivity index (χ0v) is 12.6. The maximum atomic E-state index is 7.55. The zero-order valence-electron chi connectivity index (χ0n) is 11.0. The molecule has 0 aliphatic rings. The van der Waals surface area contributed by atoms with Gasteiger partial charge in [-0.25, -0.2) is 4.98 Å².